The Hall–Kier alpha value is 0.330. The van der Waals surface area contributed by atoms with Crippen molar-refractivity contribution in [2.24, 2.45) is 0 Å². The molecule has 0 aliphatic rings. The smallest absolute Gasteiger partial charge is 0.207 e. The van der Waals surface area contributed by atoms with Crippen LogP contribution in [0.5, 0.6) is 0 Å². The number of allylic oxidation sites excluding steroid dienone is 1. The summed E-state index contributed by atoms with van der Waals surface area (Å²) in [6.07, 6.45) is 1.29. The lowest BCUT2D eigenvalue weighted by molar-refractivity contribution is 0.0256. The third-order valence-electron chi connectivity index (χ3n) is 0.565. The van der Waals surface area contributed by atoms with Crippen molar-refractivity contribution in [1.29, 1.82) is 0 Å². The van der Waals surface area contributed by atoms with Crippen molar-refractivity contribution in [1.82, 2.24) is 0 Å². The molecular formula is C5H7F2I. The summed E-state index contributed by atoms with van der Waals surface area (Å²) in [5.41, 5.74) is 0. The predicted octanol–water partition coefficient (Wildman–Crippen LogP) is 2.98. The highest BCUT2D eigenvalue weighted by Gasteiger charge is 2.17. The molecule has 0 aromatic rings. The molecule has 48 valence electrons. The van der Waals surface area contributed by atoms with Gasteiger partial charge in [0.2, 0.25) is 5.92 Å². The lowest BCUT2D eigenvalue weighted by Gasteiger charge is -2.03. The zero-order chi connectivity index (χ0) is 6.62. The summed E-state index contributed by atoms with van der Waals surface area (Å²) >= 11 is 1.91. The van der Waals surface area contributed by atoms with E-state index in [0.29, 0.717) is 0 Å². The minimum atomic E-state index is -2.54. The average Bonchev–Trinajstić information content (AvgIpc) is 1.59. The number of hydrogen-bond donors (Lipinski definition) is 0. The van der Waals surface area contributed by atoms with Gasteiger partial charge in [-0.05, 0) is 11.0 Å². The summed E-state index contributed by atoms with van der Waals surface area (Å²) < 4.78 is 25.3. The van der Waals surface area contributed by atoms with Crippen LogP contribution in [0.4, 0.5) is 8.78 Å². The van der Waals surface area contributed by atoms with E-state index in [1.165, 1.54) is 6.08 Å². The molecule has 0 atom stereocenters. The van der Waals surface area contributed by atoms with E-state index in [-0.39, 0.29) is 6.42 Å². The van der Waals surface area contributed by atoms with Crippen molar-refractivity contribution in [3.63, 3.8) is 0 Å². The van der Waals surface area contributed by atoms with E-state index in [1.807, 2.05) is 22.6 Å². The average molecular weight is 232 g/mol. The van der Waals surface area contributed by atoms with Crippen LogP contribution in [0.1, 0.15) is 13.3 Å². The number of rotatable bonds is 2. The molecular weight excluding hydrogens is 225 g/mol. The SMILES string of the molecule is CC(F)(F)C/C=C/I. The van der Waals surface area contributed by atoms with Crippen molar-refractivity contribution in [2.45, 2.75) is 19.3 Å². The van der Waals surface area contributed by atoms with Crippen LogP contribution in [0.15, 0.2) is 10.2 Å². The quantitative estimate of drug-likeness (QED) is 0.642. The Balaban J connectivity index is 3.39. The van der Waals surface area contributed by atoms with E-state index in [9.17, 15) is 8.78 Å². The van der Waals surface area contributed by atoms with Crippen LogP contribution < -0.4 is 0 Å². The molecule has 0 saturated heterocycles. The Labute approximate surface area is 61.1 Å². The van der Waals surface area contributed by atoms with Gasteiger partial charge in [0, 0.05) is 6.42 Å². The second-order valence-electron chi connectivity index (χ2n) is 1.64. The first kappa shape index (κ1) is 8.33. The molecule has 0 aromatic heterocycles. The minimum absolute atomic E-state index is 0.157. The standard InChI is InChI=1S/C5H7F2I/c1-5(6,7)3-2-4-8/h2,4H,3H2,1H3/b4-2+. The molecule has 0 heterocycles. The minimum Gasteiger partial charge on any atom is -0.207 e. The first-order valence-corrected chi connectivity index (χ1v) is 3.44. The fourth-order valence-corrected chi connectivity index (χ4v) is 0.506. The summed E-state index contributed by atoms with van der Waals surface area (Å²) in [6.45, 7) is 0.906. The second-order valence-corrected chi connectivity index (χ2v) is 2.36. The molecule has 0 nitrogen and oxygen atoms in total. The summed E-state index contributed by atoms with van der Waals surface area (Å²) in [5.74, 6) is -2.54. The van der Waals surface area contributed by atoms with Gasteiger partial charge in [0.25, 0.3) is 0 Å². The highest BCUT2D eigenvalue weighted by molar-refractivity contribution is 14.1. The zero-order valence-corrected chi connectivity index (χ0v) is 6.65. The van der Waals surface area contributed by atoms with E-state index in [0.717, 1.165) is 6.92 Å². The highest BCUT2D eigenvalue weighted by atomic mass is 127. The zero-order valence-electron chi connectivity index (χ0n) is 4.50. The van der Waals surface area contributed by atoms with E-state index in [2.05, 4.69) is 0 Å². The largest absolute Gasteiger partial charge is 0.248 e. The summed E-state index contributed by atoms with van der Waals surface area (Å²) in [5, 5.41) is 0. The molecule has 0 aromatic carbocycles. The maximum Gasteiger partial charge on any atom is 0.248 e. The van der Waals surface area contributed by atoms with Crippen LogP contribution in [0.2, 0.25) is 0 Å². The second kappa shape index (κ2) is 3.37. The Kier molecular flexibility index (Phi) is 3.51. The van der Waals surface area contributed by atoms with E-state index >= 15 is 0 Å². The number of hydrogen-bond acceptors (Lipinski definition) is 0. The normalized spacial score (nSPS) is 13.0. The molecule has 0 N–H and O–H groups in total. The molecule has 0 spiro atoms. The molecule has 0 saturated carbocycles. The first-order chi connectivity index (χ1) is 3.56. The predicted molar refractivity (Wildman–Crippen MR) is 38.4 cm³/mol. The van der Waals surface area contributed by atoms with Gasteiger partial charge in [0.1, 0.15) is 0 Å². The van der Waals surface area contributed by atoms with Gasteiger partial charge in [-0.25, -0.2) is 8.78 Å². The van der Waals surface area contributed by atoms with Crippen LogP contribution in [0.25, 0.3) is 0 Å². The molecule has 0 amide bonds. The fraction of sp³-hybridized carbons (Fsp3) is 0.600. The Morgan fingerprint density at radius 1 is 1.62 bits per heavy atom. The Bertz CT molecular complexity index is 82.9. The highest BCUT2D eigenvalue weighted by Crippen LogP contribution is 2.16. The lowest BCUT2D eigenvalue weighted by Crippen LogP contribution is -2.06. The molecule has 0 aliphatic heterocycles. The van der Waals surface area contributed by atoms with Crippen molar-refractivity contribution in [3.8, 4) is 0 Å². The molecule has 3 heteroatoms. The van der Waals surface area contributed by atoms with Gasteiger partial charge in [0.15, 0.2) is 0 Å². The van der Waals surface area contributed by atoms with Gasteiger partial charge < -0.3 is 0 Å². The molecule has 0 radical (unpaired) electrons. The maximum atomic E-state index is 11.9. The first-order valence-electron chi connectivity index (χ1n) is 2.19. The Morgan fingerprint density at radius 3 is 2.25 bits per heavy atom. The molecule has 0 rings (SSSR count). The van der Waals surface area contributed by atoms with Gasteiger partial charge in [0.05, 0.1) is 0 Å². The summed E-state index contributed by atoms with van der Waals surface area (Å²) in [7, 11) is 0. The van der Waals surface area contributed by atoms with Crippen LogP contribution in [-0.2, 0) is 0 Å². The molecule has 0 aliphatic carbocycles. The number of halogens is 3. The topological polar surface area (TPSA) is 0 Å². The molecule has 0 unspecified atom stereocenters. The monoisotopic (exact) mass is 232 g/mol. The third kappa shape index (κ3) is 6.33. The van der Waals surface area contributed by atoms with Crippen LogP contribution in [0.3, 0.4) is 0 Å². The van der Waals surface area contributed by atoms with Gasteiger partial charge in [-0.2, -0.15) is 0 Å². The van der Waals surface area contributed by atoms with Crippen molar-refractivity contribution < 1.29 is 8.78 Å². The van der Waals surface area contributed by atoms with Gasteiger partial charge >= 0.3 is 0 Å². The molecule has 8 heavy (non-hydrogen) atoms. The van der Waals surface area contributed by atoms with Gasteiger partial charge in [-0.15, -0.1) is 0 Å². The maximum absolute atomic E-state index is 11.9. The third-order valence-corrected chi connectivity index (χ3v) is 1.07. The Morgan fingerprint density at radius 2 is 2.12 bits per heavy atom. The summed E-state index contributed by atoms with van der Waals surface area (Å²) in [4.78, 5) is 0. The van der Waals surface area contributed by atoms with Crippen molar-refractivity contribution in [2.75, 3.05) is 0 Å². The number of alkyl halides is 2. The fourth-order valence-electron chi connectivity index (χ4n) is 0.251. The van der Waals surface area contributed by atoms with Crippen LogP contribution in [-0.4, -0.2) is 5.92 Å². The van der Waals surface area contributed by atoms with E-state index in [4.69, 9.17) is 0 Å². The molecule has 0 fully saturated rings. The van der Waals surface area contributed by atoms with Crippen LogP contribution in [0, 0.1) is 0 Å². The lowest BCUT2D eigenvalue weighted by atomic mass is 10.3. The van der Waals surface area contributed by atoms with Crippen molar-refractivity contribution >= 4 is 22.6 Å². The van der Waals surface area contributed by atoms with E-state index < -0.39 is 5.92 Å². The summed E-state index contributed by atoms with van der Waals surface area (Å²) in [6, 6.07) is 0. The van der Waals surface area contributed by atoms with E-state index in [1.54, 1.807) is 4.08 Å². The van der Waals surface area contributed by atoms with Crippen LogP contribution >= 0.6 is 22.6 Å². The van der Waals surface area contributed by atoms with Gasteiger partial charge in [-0.3, -0.25) is 0 Å². The molecule has 0 bridgehead atoms. The van der Waals surface area contributed by atoms with Crippen molar-refractivity contribution in [3.05, 3.63) is 10.2 Å². The van der Waals surface area contributed by atoms with Gasteiger partial charge in [-0.1, -0.05) is 28.7 Å².